The lowest BCUT2D eigenvalue weighted by Crippen LogP contribution is -2.78. The number of aliphatic hydroxyl groups is 1. The number of ether oxygens (including phenoxy) is 1. The zero-order valence-electron chi connectivity index (χ0n) is 18.5. The number of hydrogen-bond donors (Lipinski definition) is 3. The van der Waals surface area contributed by atoms with Crippen LogP contribution in [0.5, 0.6) is 5.75 Å². The van der Waals surface area contributed by atoms with E-state index in [0.29, 0.717) is 24.2 Å². The van der Waals surface area contributed by atoms with E-state index in [9.17, 15) is 14.7 Å². The van der Waals surface area contributed by atoms with Crippen molar-refractivity contribution in [2.45, 2.75) is 74.7 Å². The Morgan fingerprint density at radius 1 is 1.31 bits per heavy atom. The van der Waals surface area contributed by atoms with Crippen molar-refractivity contribution in [3.63, 3.8) is 0 Å². The van der Waals surface area contributed by atoms with Gasteiger partial charge in [-0.05, 0) is 75.6 Å². The first kappa shape index (κ1) is 20.2. The number of carbonyl (C=O) groups excluding carboxylic acids is 2. The number of hydrogen-bond acceptors (Lipinski definition) is 5. The maximum atomic E-state index is 12.4. The van der Waals surface area contributed by atoms with Crippen LogP contribution in [0.4, 0.5) is 0 Å². The van der Waals surface area contributed by atoms with Crippen molar-refractivity contribution in [1.82, 2.24) is 10.2 Å². The molecule has 0 aromatic heterocycles. The molecule has 5 aliphatic rings. The molecule has 4 N–H and O–H groups in total. The van der Waals surface area contributed by atoms with E-state index in [1.165, 1.54) is 18.9 Å². The van der Waals surface area contributed by atoms with Gasteiger partial charge in [-0.3, -0.25) is 14.5 Å². The Balaban J connectivity index is 1.49. The van der Waals surface area contributed by atoms with Crippen molar-refractivity contribution in [3.8, 4) is 5.75 Å². The molecule has 1 spiro atoms. The number of piperidine rings is 1. The lowest BCUT2D eigenvalue weighted by atomic mass is 9.48. The topological polar surface area (TPSA) is 105 Å². The number of nitrogens with one attached hydrogen (secondary N) is 1. The molecule has 2 amide bonds. The van der Waals surface area contributed by atoms with Crippen LogP contribution in [-0.4, -0.2) is 58.7 Å². The molecule has 170 valence electrons. The molecule has 7 heteroatoms. The summed E-state index contributed by atoms with van der Waals surface area (Å²) >= 11 is 0. The Morgan fingerprint density at radius 3 is 2.84 bits per heavy atom. The molecule has 7 nitrogen and oxygen atoms in total. The van der Waals surface area contributed by atoms with Gasteiger partial charge in [0.1, 0.15) is 11.9 Å². The van der Waals surface area contributed by atoms with Crippen molar-refractivity contribution >= 4 is 11.8 Å². The van der Waals surface area contributed by atoms with E-state index >= 15 is 0 Å². The van der Waals surface area contributed by atoms with Crippen molar-refractivity contribution in [2.75, 3.05) is 13.1 Å². The van der Waals surface area contributed by atoms with Gasteiger partial charge in [0.05, 0.1) is 22.6 Å². The standard InChI is InChI=1S/C25H31N3O4/c1-2-3-19(29)27-17-8-9-25(31)18-12-15-6-7-16(23(26)30)21-20(15)24(25,22(17)32-21)10-11-28(18)13-14-4-5-14/h2-3,6-7,14,17-18,22,31H,4-5,8-13H2,1H3,(H2,26,30)(H,27,29)/b3-2+/t17-,18-,22+,24+,25-/m1/s1. The first-order valence-corrected chi connectivity index (χ1v) is 11.9. The van der Waals surface area contributed by atoms with Crippen molar-refractivity contribution < 1.29 is 19.4 Å². The molecule has 2 bridgehead atoms. The predicted molar refractivity (Wildman–Crippen MR) is 118 cm³/mol. The van der Waals surface area contributed by atoms with E-state index < -0.39 is 23.0 Å². The van der Waals surface area contributed by atoms with Crippen LogP contribution in [0.15, 0.2) is 24.3 Å². The van der Waals surface area contributed by atoms with Gasteiger partial charge in [-0.1, -0.05) is 12.1 Å². The first-order valence-electron chi connectivity index (χ1n) is 11.9. The molecular formula is C25H31N3O4. The fraction of sp³-hybridized carbons (Fsp3) is 0.600. The molecule has 5 atom stereocenters. The van der Waals surface area contributed by atoms with Gasteiger partial charge in [0, 0.05) is 18.2 Å². The summed E-state index contributed by atoms with van der Waals surface area (Å²) in [7, 11) is 0. The second kappa shape index (κ2) is 6.81. The van der Waals surface area contributed by atoms with Crippen molar-refractivity contribution in [1.29, 1.82) is 0 Å². The van der Waals surface area contributed by atoms with Crippen LogP contribution in [0.3, 0.4) is 0 Å². The minimum absolute atomic E-state index is 0.0213. The SMILES string of the molecule is C/C=C/C(=O)N[C@@H]1CC[C@@]2(O)[C@H]3Cc4ccc(C(N)=O)c5c4[C@@]2(CCN3CC2CC2)[C@H]1O5. The third kappa shape index (κ3) is 2.55. The highest BCUT2D eigenvalue weighted by Gasteiger charge is 2.73. The van der Waals surface area contributed by atoms with E-state index in [4.69, 9.17) is 10.5 Å². The third-order valence-corrected chi connectivity index (χ3v) is 8.69. The minimum atomic E-state index is -0.957. The number of primary amides is 1. The Labute approximate surface area is 188 Å². The molecule has 0 radical (unpaired) electrons. The van der Waals surface area contributed by atoms with Gasteiger partial charge in [-0.2, -0.15) is 0 Å². The maximum absolute atomic E-state index is 12.4. The van der Waals surface area contributed by atoms with Crippen LogP contribution in [0.1, 0.15) is 60.5 Å². The van der Waals surface area contributed by atoms with E-state index in [2.05, 4.69) is 10.2 Å². The molecule has 1 aromatic carbocycles. The van der Waals surface area contributed by atoms with Crippen molar-refractivity contribution in [2.24, 2.45) is 11.7 Å². The van der Waals surface area contributed by atoms with Crippen molar-refractivity contribution in [3.05, 3.63) is 41.0 Å². The molecule has 2 heterocycles. The summed E-state index contributed by atoms with van der Waals surface area (Å²) < 4.78 is 6.54. The highest BCUT2D eigenvalue weighted by Crippen LogP contribution is 2.64. The smallest absolute Gasteiger partial charge is 0.252 e. The van der Waals surface area contributed by atoms with Gasteiger partial charge >= 0.3 is 0 Å². The number of benzene rings is 1. The van der Waals surface area contributed by atoms with Crippen LogP contribution in [0.25, 0.3) is 0 Å². The van der Waals surface area contributed by atoms with Crippen LogP contribution >= 0.6 is 0 Å². The fourth-order valence-corrected chi connectivity index (χ4v) is 7.22. The van der Waals surface area contributed by atoms with Crippen LogP contribution in [0.2, 0.25) is 0 Å². The number of likely N-dealkylation sites (tertiary alicyclic amines) is 1. The second-order valence-electron chi connectivity index (χ2n) is 10.3. The summed E-state index contributed by atoms with van der Waals surface area (Å²) in [5, 5.41) is 15.6. The monoisotopic (exact) mass is 437 g/mol. The molecule has 2 aliphatic heterocycles. The maximum Gasteiger partial charge on any atom is 0.252 e. The summed E-state index contributed by atoms with van der Waals surface area (Å²) in [6.07, 6.45) is 8.09. The summed E-state index contributed by atoms with van der Waals surface area (Å²) in [6.45, 7) is 3.74. The van der Waals surface area contributed by atoms with Crippen LogP contribution < -0.4 is 15.8 Å². The highest BCUT2D eigenvalue weighted by molar-refractivity contribution is 5.97. The predicted octanol–water partition coefficient (Wildman–Crippen LogP) is 1.41. The van der Waals surface area contributed by atoms with Crippen LogP contribution in [-0.2, 0) is 16.6 Å². The normalized spacial score (nSPS) is 37.1. The summed E-state index contributed by atoms with van der Waals surface area (Å²) in [4.78, 5) is 27.2. The molecule has 0 unspecified atom stereocenters. The lowest BCUT2D eigenvalue weighted by Gasteiger charge is -2.64. The van der Waals surface area contributed by atoms with E-state index in [1.807, 2.05) is 13.0 Å². The molecule has 1 aromatic rings. The number of nitrogens with two attached hydrogens (primary N) is 1. The summed E-state index contributed by atoms with van der Waals surface area (Å²) in [6, 6.07) is 3.55. The largest absolute Gasteiger partial charge is 0.486 e. The molecule has 32 heavy (non-hydrogen) atoms. The van der Waals surface area contributed by atoms with Gasteiger partial charge in [0.2, 0.25) is 5.91 Å². The molecule has 3 aliphatic carbocycles. The number of allylic oxidation sites excluding steroid dienone is 1. The van der Waals surface area contributed by atoms with E-state index in [-0.39, 0.29) is 18.0 Å². The Hall–Kier alpha value is -2.38. The molecule has 6 rings (SSSR count). The zero-order chi connectivity index (χ0) is 22.3. The van der Waals surface area contributed by atoms with Gasteiger partial charge in [0.15, 0.2) is 0 Å². The van der Waals surface area contributed by atoms with Gasteiger partial charge in [0.25, 0.3) is 5.91 Å². The van der Waals surface area contributed by atoms with Gasteiger partial charge in [-0.15, -0.1) is 0 Å². The molecule has 1 saturated heterocycles. The lowest BCUT2D eigenvalue weighted by molar-refractivity contribution is -0.192. The molecule has 3 fully saturated rings. The fourth-order valence-electron chi connectivity index (χ4n) is 7.22. The number of amides is 2. The highest BCUT2D eigenvalue weighted by atomic mass is 16.5. The van der Waals surface area contributed by atoms with Crippen LogP contribution in [0, 0.1) is 5.92 Å². The summed E-state index contributed by atoms with van der Waals surface area (Å²) in [5.74, 6) is 0.589. The quantitative estimate of drug-likeness (QED) is 0.604. The Bertz CT molecular complexity index is 1030. The number of carbonyl (C=O) groups is 2. The third-order valence-electron chi connectivity index (χ3n) is 8.69. The molecular weight excluding hydrogens is 406 g/mol. The Morgan fingerprint density at radius 2 is 2.12 bits per heavy atom. The Kier molecular flexibility index (Phi) is 4.31. The second-order valence-corrected chi connectivity index (χ2v) is 10.3. The zero-order valence-corrected chi connectivity index (χ0v) is 18.5. The first-order chi connectivity index (χ1) is 15.4. The summed E-state index contributed by atoms with van der Waals surface area (Å²) in [5.41, 5.74) is 6.59. The van der Waals surface area contributed by atoms with Gasteiger partial charge in [-0.25, -0.2) is 0 Å². The molecule has 2 saturated carbocycles. The average molecular weight is 438 g/mol. The minimum Gasteiger partial charge on any atom is -0.486 e. The number of rotatable bonds is 5. The number of nitrogens with zero attached hydrogens (tertiary/aromatic N) is 1. The van der Waals surface area contributed by atoms with E-state index in [0.717, 1.165) is 43.0 Å². The van der Waals surface area contributed by atoms with E-state index in [1.54, 1.807) is 12.1 Å². The average Bonchev–Trinajstić information content (AvgIpc) is 3.49. The van der Waals surface area contributed by atoms with Gasteiger partial charge < -0.3 is 20.9 Å².